The molecule has 112 valence electrons. The van der Waals surface area contributed by atoms with Gasteiger partial charge in [-0.2, -0.15) is 0 Å². The first kappa shape index (κ1) is 15.5. The zero-order valence-corrected chi connectivity index (χ0v) is 13.1. The van der Waals surface area contributed by atoms with Crippen LogP contribution in [0, 0.1) is 17.0 Å². The standard InChI is InChI=1S/C15H18N2O3S/c1-10-4-5-15(21-10)11(2)16-9-12-6-13(17(18)19)8-14(7-12)20-3/h4-8,11,16H,9H2,1-3H3. The average Bonchev–Trinajstić information content (AvgIpc) is 2.91. The molecule has 0 saturated heterocycles. The van der Waals surface area contributed by atoms with E-state index < -0.39 is 4.92 Å². The molecular weight excluding hydrogens is 288 g/mol. The number of nitro groups is 1. The van der Waals surface area contributed by atoms with Crippen LogP contribution in [0.5, 0.6) is 5.75 Å². The number of benzene rings is 1. The zero-order chi connectivity index (χ0) is 15.4. The maximum absolute atomic E-state index is 10.9. The third-order valence-electron chi connectivity index (χ3n) is 3.20. The van der Waals surface area contributed by atoms with Gasteiger partial charge in [-0.15, -0.1) is 11.3 Å². The van der Waals surface area contributed by atoms with Gasteiger partial charge in [0.25, 0.3) is 5.69 Å². The Bertz CT molecular complexity index is 640. The SMILES string of the molecule is COc1cc(CNC(C)c2ccc(C)s2)cc([N+](=O)[O-])c1. The fourth-order valence-electron chi connectivity index (χ4n) is 2.03. The van der Waals surface area contributed by atoms with E-state index in [0.29, 0.717) is 12.3 Å². The minimum Gasteiger partial charge on any atom is -0.496 e. The van der Waals surface area contributed by atoms with Gasteiger partial charge in [0, 0.05) is 28.4 Å². The summed E-state index contributed by atoms with van der Waals surface area (Å²) in [5.41, 5.74) is 0.881. The van der Waals surface area contributed by atoms with Crippen molar-refractivity contribution in [1.29, 1.82) is 0 Å². The smallest absolute Gasteiger partial charge is 0.273 e. The molecule has 1 heterocycles. The maximum atomic E-state index is 10.9. The molecule has 0 amide bonds. The number of ether oxygens (including phenoxy) is 1. The summed E-state index contributed by atoms with van der Waals surface area (Å²) in [7, 11) is 1.51. The van der Waals surface area contributed by atoms with Gasteiger partial charge in [0.1, 0.15) is 5.75 Å². The summed E-state index contributed by atoms with van der Waals surface area (Å²) in [5.74, 6) is 0.501. The molecule has 0 aliphatic heterocycles. The quantitative estimate of drug-likeness (QED) is 0.651. The van der Waals surface area contributed by atoms with E-state index in [1.807, 2.05) is 6.07 Å². The molecule has 0 aliphatic carbocycles. The van der Waals surface area contributed by atoms with Gasteiger partial charge in [0.2, 0.25) is 0 Å². The fourth-order valence-corrected chi connectivity index (χ4v) is 2.93. The van der Waals surface area contributed by atoms with Crippen molar-refractivity contribution in [2.75, 3.05) is 7.11 Å². The van der Waals surface area contributed by atoms with E-state index in [2.05, 4.69) is 31.3 Å². The summed E-state index contributed by atoms with van der Waals surface area (Å²) in [4.78, 5) is 13.0. The Morgan fingerprint density at radius 3 is 2.71 bits per heavy atom. The van der Waals surface area contributed by atoms with Crippen molar-refractivity contribution >= 4 is 17.0 Å². The van der Waals surface area contributed by atoms with Crippen molar-refractivity contribution in [1.82, 2.24) is 5.32 Å². The van der Waals surface area contributed by atoms with E-state index in [-0.39, 0.29) is 11.7 Å². The third kappa shape index (κ3) is 4.03. The lowest BCUT2D eigenvalue weighted by Crippen LogP contribution is -2.17. The summed E-state index contributed by atoms with van der Waals surface area (Å²) in [6.07, 6.45) is 0. The van der Waals surface area contributed by atoms with Crippen molar-refractivity contribution in [2.24, 2.45) is 0 Å². The van der Waals surface area contributed by atoms with Gasteiger partial charge in [-0.25, -0.2) is 0 Å². The first-order valence-electron chi connectivity index (χ1n) is 6.61. The molecule has 1 aromatic carbocycles. The summed E-state index contributed by atoms with van der Waals surface area (Å²) >= 11 is 1.75. The lowest BCUT2D eigenvalue weighted by Gasteiger charge is -2.12. The number of nitro benzene ring substituents is 1. The lowest BCUT2D eigenvalue weighted by atomic mass is 10.1. The second-order valence-electron chi connectivity index (χ2n) is 4.85. The Hall–Kier alpha value is -1.92. The number of methoxy groups -OCH3 is 1. The molecule has 0 fully saturated rings. The van der Waals surface area contributed by atoms with Gasteiger partial charge in [-0.3, -0.25) is 10.1 Å². The highest BCUT2D eigenvalue weighted by atomic mass is 32.1. The van der Waals surface area contributed by atoms with Crippen LogP contribution in [0.4, 0.5) is 5.69 Å². The van der Waals surface area contributed by atoms with Gasteiger partial charge in [-0.05, 0) is 37.6 Å². The van der Waals surface area contributed by atoms with E-state index in [0.717, 1.165) is 5.56 Å². The van der Waals surface area contributed by atoms with Gasteiger partial charge in [0.05, 0.1) is 18.1 Å². The average molecular weight is 306 g/mol. The number of hydrogen-bond donors (Lipinski definition) is 1. The van der Waals surface area contributed by atoms with Crippen LogP contribution in [0.3, 0.4) is 0 Å². The monoisotopic (exact) mass is 306 g/mol. The van der Waals surface area contributed by atoms with Gasteiger partial charge >= 0.3 is 0 Å². The van der Waals surface area contributed by atoms with Crippen molar-refractivity contribution < 1.29 is 9.66 Å². The molecule has 0 radical (unpaired) electrons. The molecule has 2 rings (SSSR count). The van der Waals surface area contributed by atoms with Crippen LogP contribution in [-0.2, 0) is 6.54 Å². The molecular formula is C15H18N2O3S. The second kappa shape index (κ2) is 6.69. The Balaban J connectivity index is 2.08. The number of non-ortho nitro benzene ring substituents is 1. The number of hydrogen-bond acceptors (Lipinski definition) is 5. The minimum absolute atomic E-state index is 0.0470. The molecule has 1 atom stereocenters. The summed E-state index contributed by atoms with van der Waals surface area (Å²) in [6, 6.07) is 9.21. The van der Waals surface area contributed by atoms with Crippen molar-refractivity contribution in [2.45, 2.75) is 26.4 Å². The van der Waals surface area contributed by atoms with Crippen LogP contribution >= 0.6 is 11.3 Å². The molecule has 6 heteroatoms. The number of rotatable bonds is 6. The highest BCUT2D eigenvalue weighted by molar-refractivity contribution is 7.12. The van der Waals surface area contributed by atoms with Crippen LogP contribution in [0.1, 0.15) is 28.3 Å². The van der Waals surface area contributed by atoms with E-state index in [9.17, 15) is 10.1 Å². The van der Waals surface area contributed by atoms with Crippen LogP contribution in [0.15, 0.2) is 30.3 Å². The Labute approximate surface area is 127 Å². The van der Waals surface area contributed by atoms with Crippen LogP contribution < -0.4 is 10.1 Å². The van der Waals surface area contributed by atoms with Crippen molar-refractivity contribution in [3.05, 3.63) is 55.8 Å². The maximum Gasteiger partial charge on any atom is 0.273 e. The number of thiophene rings is 1. The van der Waals surface area contributed by atoms with Gasteiger partial charge in [-0.1, -0.05) is 0 Å². The Morgan fingerprint density at radius 1 is 1.38 bits per heavy atom. The molecule has 1 aromatic heterocycles. The molecule has 1 N–H and O–H groups in total. The number of aryl methyl sites for hydroxylation is 1. The van der Waals surface area contributed by atoms with Gasteiger partial charge in [0.15, 0.2) is 0 Å². The Kier molecular flexibility index (Phi) is 4.93. The topological polar surface area (TPSA) is 64.4 Å². The predicted molar refractivity (Wildman–Crippen MR) is 84.0 cm³/mol. The molecule has 2 aromatic rings. The predicted octanol–water partition coefficient (Wildman–Crippen LogP) is 3.82. The summed E-state index contributed by atoms with van der Waals surface area (Å²) in [5, 5.41) is 14.3. The normalized spacial score (nSPS) is 12.1. The molecule has 0 saturated carbocycles. The number of nitrogens with one attached hydrogen (secondary N) is 1. The largest absolute Gasteiger partial charge is 0.496 e. The van der Waals surface area contributed by atoms with E-state index in [1.165, 1.54) is 22.9 Å². The number of nitrogens with zero attached hydrogens (tertiary/aromatic N) is 1. The Morgan fingerprint density at radius 2 is 2.14 bits per heavy atom. The second-order valence-corrected chi connectivity index (χ2v) is 6.17. The zero-order valence-electron chi connectivity index (χ0n) is 12.3. The van der Waals surface area contributed by atoms with Crippen LogP contribution in [-0.4, -0.2) is 12.0 Å². The molecule has 0 spiro atoms. The summed E-state index contributed by atoms with van der Waals surface area (Å²) in [6.45, 7) is 4.71. The molecule has 21 heavy (non-hydrogen) atoms. The molecule has 0 bridgehead atoms. The van der Waals surface area contributed by atoms with E-state index in [1.54, 1.807) is 17.4 Å². The highest BCUT2D eigenvalue weighted by Gasteiger charge is 2.12. The van der Waals surface area contributed by atoms with E-state index >= 15 is 0 Å². The molecule has 1 unspecified atom stereocenters. The van der Waals surface area contributed by atoms with Crippen LogP contribution in [0.2, 0.25) is 0 Å². The first-order valence-corrected chi connectivity index (χ1v) is 7.43. The third-order valence-corrected chi connectivity index (χ3v) is 4.38. The van der Waals surface area contributed by atoms with Crippen molar-refractivity contribution in [3.63, 3.8) is 0 Å². The fraction of sp³-hybridized carbons (Fsp3) is 0.333. The molecule has 0 aliphatic rings. The highest BCUT2D eigenvalue weighted by Crippen LogP contribution is 2.25. The molecule has 5 nitrogen and oxygen atoms in total. The van der Waals surface area contributed by atoms with E-state index in [4.69, 9.17) is 4.74 Å². The van der Waals surface area contributed by atoms with Crippen molar-refractivity contribution in [3.8, 4) is 5.75 Å². The minimum atomic E-state index is -0.405. The summed E-state index contributed by atoms with van der Waals surface area (Å²) < 4.78 is 5.11. The first-order chi connectivity index (χ1) is 9.99. The lowest BCUT2D eigenvalue weighted by molar-refractivity contribution is -0.385. The van der Waals surface area contributed by atoms with Crippen LogP contribution in [0.25, 0.3) is 0 Å². The van der Waals surface area contributed by atoms with Gasteiger partial charge < -0.3 is 10.1 Å².